The molecule has 1 amide bonds. The number of anilines is 1. The van der Waals surface area contributed by atoms with Gasteiger partial charge in [-0.25, -0.2) is 4.98 Å². The van der Waals surface area contributed by atoms with Gasteiger partial charge in [0.1, 0.15) is 11.4 Å². The molecule has 0 aliphatic heterocycles. The molecule has 1 aliphatic rings. The van der Waals surface area contributed by atoms with Crippen molar-refractivity contribution in [2.45, 2.75) is 44.3 Å². The van der Waals surface area contributed by atoms with Crippen LogP contribution in [0.3, 0.4) is 0 Å². The van der Waals surface area contributed by atoms with Crippen LogP contribution in [0.1, 0.15) is 42.2 Å². The number of nitrogens with zero attached hydrogens (tertiary/aromatic N) is 1. The second kappa shape index (κ2) is 5.54. The summed E-state index contributed by atoms with van der Waals surface area (Å²) in [5.41, 5.74) is -1.15. The van der Waals surface area contributed by atoms with Crippen LogP contribution in [-0.4, -0.2) is 29.7 Å². The lowest BCUT2D eigenvalue weighted by Crippen LogP contribution is -2.47. The molecule has 2 rings (SSSR count). The van der Waals surface area contributed by atoms with E-state index in [1.165, 1.54) is 6.07 Å². The van der Waals surface area contributed by atoms with Crippen LogP contribution in [0.25, 0.3) is 0 Å². The highest BCUT2D eigenvalue weighted by Crippen LogP contribution is 2.49. The molecular weight excluding hydrogens is 283 g/mol. The molecule has 2 N–H and O–H groups in total. The van der Waals surface area contributed by atoms with Crippen LogP contribution < -0.4 is 10.6 Å². The van der Waals surface area contributed by atoms with Crippen molar-refractivity contribution in [3.05, 3.63) is 23.4 Å². The van der Waals surface area contributed by atoms with Crippen molar-refractivity contribution in [2.24, 2.45) is 0 Å². The zero-order valence-corrected chi connectivity index (χ0v) is 12.0. The number of hydrogen-bond acceptors (Lipinski definition) is 3. The van der Waals surface area contributed by atoms with Crippen molar-refractivity contribution < 1.29 is 18.0 Å². The van der Waals surface area contributed by atoms with Crippen LogP contribution in [0.2, 0.25) is 0 Å². The topological polar surface area (TPSA) is 54.0 Å². The summed E-state index contributed by atoms with van der Waals surface area (Å²) >= 11 is 0. The average Bonchev–Trinajstić information content (AvgIpc) is 3.19. The molecule has 0 saturated heterocycles. The van der Waals surface area contributed by atoms with E-state index in [1.807, 2.05) is 6.92 Å². The number of aromatic nitrogens is 1. The van der Waals surface area contributed by atoms with E-state index in [0.29, 0.717) is 17.9 Å². The van der Waals surface area contributed by atoms with Gasteiger partial charge in [0.25, 0.3) is 5.91 Å². The van der Waals surface area contributed by atoms with Crippen molar-refractivity contribution in [2.75, 3.05) is 12.4 Å². The minimum absolute atomic E-state index is 0.0615. The van der Waals surface area contributed by atoms with Gasteiger partial charge in [-0.05, 0) is 31.4 Å². The molecule has 0 unspecified atom stereocenters. The summed E-state index contributed by atoms with van der Waals surface area (Å²) < 4.78 is 38.6. The number of pyridine rings is 1. The molecule has 7 heteroatoms. The molecule has 1 aromatic heterocycles. The van der Waals surface area contributed by atoms with Crippen molar-refractivity contribution in [1.82, 2.24) is 10.3 Å². The summed E-state index contributed by atoms with van der Waals surface area (Å²) in [5, 5.41) is 4.94. The smallest absolute Gasteiger partial charge is 0.373 e. The van der Waals surface area contributed by atoms with Crippen LogP contribution in [0.5, 0.6) is 0 Å². The van der Waals surface area contributed by atoms with Gasteiger partial charge in [0.2, 0.25) is 0 Å². The fourth-order valence-corrected chi connectivity index (χ4v) is 2.12. The van der Waals surface area contributed by atoms with Gasteiger partial charge < -0.3 is 10.6 Å². The number of hydrogen-bond donors (Lipinski definition) is 2. The van der Waals surface area contributed by atoms with Gasteiger partial charge in [-0.1, -0.05) is 13.3 Å². The molecule has 116 valence electrons. The van der Waals surface area contributed by atoms with Gasteiger partial charge >= 0.3 is 6.18 Å². The molecule has 1 saturated carbocycles. The molecule has 1 aromatic rings. The highest BCUT2D eigenvalue weighted by atomic mass is 19.4. The minimum atomic E-state index is -4.41. The third-order valence-electron chi connectivity index (χ3n) is 3.55. The van der Waals surface area contributed by atoms with Gasteiger partial charge in [-0.2, -0.15) is 13.2 Å². The lowest BCUT2D eigenvalue weighted by molar-refractivity contribution is -0.163. The second-order valence-electron chi connectivity index (χ2n) is 5.27. The number of amides is 1. The van der Waals surface area contributed by atoms with Crippen molar-refractivity contribution in [3.8, 4) is 0 Å². The molecule has 0 bridgehead atoms. The number of alkyl halides is 3. The van der Waals surface area contributed by atoms with E-state index in [9.17, 15) is 18.0 Å². The quantitative estimate of drug-likeness (QED) is 0.879. The summed E-state index contributed by atoms with van der Waals surface area (Å²) in [6.07, 6.45) is -3.02. The van der Waals surface area contributed by atoms with E-state index in [4.69, 9.17) is 0 Å². The first-order valence-electron chi connectivity index (χ1n) is 6.89. The number of nitrogens with one attached hydrogen (secondary N) is 2. The number of carbonyl (C=O) groups is 1. The van der Waals surface area contributed by atoms with Crippen molar-refractivity contribution >= 4 is 11.7 Å². The van der Waals surface area contributed by atoms with Crippen LogP contribution in [-0.2, 0) is 6.42 Å². The summed E-state index contributed by atoms with van der Waals surface area (Å²) in [4.78, 5) is 16.4. The van der Waals surface area contributed by atoms with Gasteiger partial charge in [-0.3, -0.25) is 4.79 Å². The van der Waals surface area contributed by atoms with E-state index in [1.54, 1.807) is 13.1 Å². The predicted octanol–water partition coefficient (Wildman–Crippen LogP) is 2.90. The molecule has 1 heterocycles. The maximum Gasteiger partial charge on any atom is 0.411 e. The fourth-order valence-electron chi connectivity index (χ4n) is 2.12. The zero-order chi connectivity index (χ0) is 15.7. The van der Waals surface area contributed by atoms with Gasteiger partial charge in [0, 0.05) is 18.3 Å². The molecule has 1 fully saturated rings. The van der Waals surface area contributed by atoms with Crippen LogP contribution >= 0.6 is 0 Å². The normalized spacial score (nSPS) is 16.4. The Hall–Kier alpha value is -1.79. The van der Waals surface area contributed by atoms with E-state index in [-0.39, 0.29) is 18.4 Å². The lowest BCUT2D eigenvalue weighted by atomic mass is 10.1. The number of halogens is 3. The summed E-state index contributed by atoms with van der Waals surface area (Å²) in [6, 6.07) is 3.01. The molecular formula is C14H18F3N3O. The first-order chi connectivity index (χ1) is 9.81. The highest BCUT2D eigenvalue weighted by molar-refractivity contribution is 5.95. The third kappa shape index (κ3) is 3.28. The Bertz CT molecular complexity index is 539. The van der Waals surface area contributed by atoms with Crippen LogP contribution in [0, 0.1) is 0 Å². The summed E-state index contributed by atoms with van der Waals surface area (Å²) in [5.74, 6) is -0.232. The Labute approximate surface area is 121 Å². The molecule has 21 heavy (non-hydrogen) atoms. The monoisotopic (exact) mass is 301 g/mol. The predicted molar refractivity (Wildman–Crippen MR) is 73.3 cm³/mol. The first-order valence-corrected chi connectivity index (χ1v) is 6.89. The standard InChI is InChI=1S/C14H18F3N3O/c1-3-4-10-7-9(8-11(18-2)19-10)12(21)20-13(5-6-13)14(15,16)17/h7-8H,3-6H2,1-2H3,(H,18,19)(H,20,21). The molecule has 0 radical (unpaired) electrons. The maximum atomic E-state index is 12.9. The fraction of sp³-hybridized carbons (Fsp3) is 0.571. The van der Waals surface area contributed by atoms with Gasteiger partial charge in [0.15, 0.2) is 0 Å². The molecule has 0 aromatic carbocycles. The second-order valence-corrected chi connectivity index (χ2v) is 5.27. The van der Waals surface area contributed by atoms with Crippen molar-refractivity contribution in [1.29, 1.82) is 0 Å². The number of aryl methyl sites for hydroxylation is 1. The summed E-state index contributed by atoms with van der Waals surface area (Å²) in [6.45, 7) is 1.97. The van der Waals surface area contributed by atoms with E-state index in [0.717, 1.165) is 6.42 Å². The molecule has 1 aliphatic carbocycles. The van der Waals surface area contributed by atoms with Crippen LogP contribution in [0.15, 0.2) is 12.1 Å². The largest absolute Gasteiger partial charge is 0.411 e. The minimum Gasteiger partial charge on any atom is -0.373 e. The van der Waals surface area contributed by atoms with E-state index >= 15 is 0 Å². The Morgan fingerprint density at radius 2 is 2.05 bits per heavy atom. The number of carbonyl (C=O) groups excluding carboxylic acids is 1. The number of rotatable bonds is 5. The third-order valence-corrected chi connectivity index (χ3v) is 3.55. The van der Waals surface area contributed by atoms with Gasteiger partial charge in [0.05, 0.1) is 0 Å². The molecule has 0 atom stereocenters. The Balaban J connectivity index is 2.21. The summed E-state index contributed by atoms with van der Waals surface area (Å²) in [7, 11) is 1.65. The van der Waals surface area contributed by atoms with Gasteiger partial charge in [-0.15, -0.1) is 0 Å². The average molecular weight is 301 g/mol. The zero-order valence-electron chi connectivity index (χ0n) is 12.0. The molecule has 0 spiro atoms. The Morgan fingerprint density at radius 3 is 2.52 bits per heavy atom. The lowest BCUT2D eigenvalue weighted by Gasteiger charge is -2.21. The van der Waals surface area contributed by atoms with E-state index in [2.05, 4.69) is 15.6 Å². The maximum absolute atomic E-state index is 12.9. The Morgan fingerprint density at radius 1 is 1.38 bits per heavy atom. The van der Waals surface area contributed by atoms with Crippen molar-refractivity contribution in [3.63, 3.8) is 0 Å². The first kappa shape index (κ1) is 15.6. The van der Waals surface area contributed by atoms with E-state index < -0.39 is 17.6 Å². The SMILES string of the molecule is CCCc1cc(C(=O)NC2(C(F)(F)F)CC2)cc(NC)n1. The highest BCUT2D eigenvalue weighted by Gasteiger charge is 2.64. The Kier molecular flexibility index (Phi) is 4.11. The molecule has 4 nitrogen and oxygen atoms in total. The van der Waals surface area contributed by atoms with Crippen LogP contribution in [0.4, 0.5) is 19.0 Å².